The first kappa shape index (κ1) is 15.0. The van der Waals surface area contributed by atoms with Gasteiger partial charge in [-0.3, -0.25) is 4.90 Å². The van der Waals surface area contributed by atoms with Gasteiger partial charge in [-0.25, -0.2) is 0 Å². The van der Waals surface area contributed by atoms with E-state index < -0.39 is 0 Å². The molecule has 0 aromatic carbocycles. The molecule has 0 aliphatic carbocycles. The van der Waals surface area contributed by atoms with Crippen molar-refractivity contribution in [1.82, 2.24) is 4.90 Å². The highest BCUT2D eigenvalue weighted by molar-refractivity contribution is 4.95. The van der Waals surface area contributed by atoms with Gasteiger partial charge in [-0.05, 0) is 51.6 Å². The number of rotatable bonds is 6. The maximum atomic E-state index is 10.7. The molecule has 1 aliphatic rings. The monoisotopic (exact) mass is 241 g/mol. The van der Waals surface area contributed by atoms with Crippen LogP contribution in [0, 0.1) is 5.92 Å². The molecular formula is C15H31NO. The summed E-state index contributed by atoms with van der Waals surface area (Å²) in [6.45, 7) is 11.2. The van der Waals surface area contributed by atoms with E-state index in [2.05, 4.69) is 32.6 Å². The van der Waals surface area contributed by atoms with Crippen LogP contribution >= 0.6 is 0 Å². The van der Waals surface area contributed by atoms with Gasteiger partial charge in [0.25, 0.3) is 0 Å². The minimum absolute atomic E-state index is 0.0188. The SMILES string of the molecule is CCCC(C)C(O)C(C)(CC)N1CCCCC1. The molecule has 0 aromatic rings. The van der Waals surface area contributed by atoms with E-state index in [1.54, 1.807) is 0 Å². The van der Waals surface area contributed by atoms with Crippen molar-refractivity contribution in [1.29, 1.82) is 0 Å². The Morgan fingerprint density at radius 1 is 1.18 bits per heavy atom. The first-order chi connectivity index (χ1) is 8.06. The maximum Gasteiger partial charge on any atom is 0.0746 e. The Labute approximate surface area is 107 Å². The second-order valence-electron chi connectivity index (χ2n) is 5.97. The average molecular weight is 241 g/mol. The van der Waals surface area contributed by atoms with E-state index in [9.17, 15) is 5.11 Å². The Morgan fingerprint density at radius 2 is 1.76 bits per heavy atom. The van der Waals surface area contributed by atoms with E-state index in [1.165, 1.54) is 32.4 Å². The normalized spacial score (nSPS) is 25.2. The average Bonchev–Trinajstić information content (AvgIpc) is 2.38. The highest BCUT2D eigenvalue weighted by Crippen LogP contribution is 2.32. The summed E-state index contributed by atoms with van der Waals surface area (Å²) in [5, 5.41) is 10.7. The highest BCUT2D eigenvalue weighted by atomic mass is 16.3. The first-order valence-electron chi connectivity index (χ1n) is 7.49. The van der Waals surface area contributed by atoms with Gasteiger partial charge in [0.05, 0.1) is 6.10 Å². The van der Waals surface area contributed by atoms with Crippen LogP contribution in [0.4, 0.5) is 0 Å². The van der Waals surface area contributed by atoms with Gasteiger partial charge in [-0.1, -0.05) is 33.6 Å². The molecule has 2 heteroatoms. The smallest absolute Gasteiger partial charge is 0.0746 e. The van der Waals surface area contributed by atoms with E-state index in [1.807, 2.05) is 0 Å². The van der Waals surface area contributed by atoms with Crippen molar-refractivity contribution in [3.63, 3.8) is 0 Å². The highest BCUT2D eigenvalue weighted by Gasteiger charge is 2.39. The molecular weight excluding hydrogens is 210 g/mol. The molecule has 1 heterocycles. The number of likely N-dealkylation sites (tertiary alicyclic amines) is 1. The van der Waals surface area contributed by atoms with E-state index in [-0.39, 0.29) is 11.6 Å². The molecule has 1 N–H and O–H groups in total. The lowest BCUT2D eigenvalue weighted by Gasteiger charge is -2.47. The third-order valence-corrected chi connectivity index (χ3v) is 4.71. The largest absolute Gasteiger partial charge is 0.391 e. The second kappa shape index (κ2) is 6.75. The van der Waals surface area contributed by atoms with Crippen molar-refractivity contribution in [2.45, 2.75) is 77.9 Å². The molecule has 1 saturated heterocycles. The zero-order chi connectivity index (χ0) is 12.9. The van der Waals surface area contributed by atoms with Gasteiger partial charge in [-0.15, -0.1) is 0 Å². The predicted molar refractivity (Wildman–Crippen MR) is 74.2 cm³/mol. The van der Waals surface area contributed by atoms with Crippen molar-refractivity contribution >= 4 is 0 Å². The van der Waals surface area contributed by atoms with E-state index >= 15 is 0 Å². The molecule has 3 atom stereocenters. The van der Waals surface area contributed by atoms with Gasteiger partial charge in [0, 0.05) is 5.54 Å². The number of aliphatic hydroxyl groups excluding tert-OH is 1. The molecule has 1 rings (SSSR count). The minimum atomic E-state index is -0.189. The lowest BCUT2D eigenvalue weighted by molar-refractivity contribution is -0.0598. The Balaban J connectivity index is 2.70. The summed E-state index contributed by atoms with van der Waals surface area (Å²) in [5.41, 5.74) is -0.0188. The Bertz CT molecular complexity index is 213. The maximum absolute atomic E-state index is 10.7. The molecule has 0 aromatic heterocycles. The van der Waals surface area contributed by atoms with Crippen LogP contribution in [0.25, 0.3) is 0 Å². The summed E-state index contributed by atoms with van der Waals surface area (Å²) in [7, 11) is 0. The van der Waals surface area contributed by atoms with Crippen molar-refractivity contribution in [3.8, 4) is 0 Å². The molecule has 0 spiro atoms. The second-order valence-corrected chi connectivity index (χ2v) is 5.97. The number of piperidine rings is 1. The fourth-order valence-corrected chi connectivity index (χ4v) is 3.25. The van der Waals surface area contributed by atoms with Crippen LogP contribution < -0.4 is 0 Å². The summed E-state index contributed by atoms with van der Waals surface area (Å²) < 4.78 is 0. The Kier molecular flexibility index (Phi) is 5.94. The van der Waals surface area contributed by atoms with Gasteiger partial charge < -0.3 is 5.11 Å². The Hall–Kier alpha value is -0.0800. The molecule has 2 nitrogen and oxygen atoms in total. The molecule has 1 fully saturated rings. The third-order valence-electron chi connectivity index (χ3n) is 4.71. The molecule has 0 bridgehead atoms. The van der Waals surface area contributed by atoms with E-state index in [0.29, 0.717) is 5.92 Å². The van der Waals surface area contributed by atoms with Crippen molar-refractivity contribution in [2.24, 2.45) is 5.92 Å². The van der Waals surface area contributed by atoms with Gasteiger partial charge in [0.1, 0.15) is 0 Å². The van der Waals surface area contributed by atoms with Crippen LogP contribution in [-0.4, -0.2) is 34.7 Å². The van der Waals surface area contributed by atoms with Crippen LogP contribution in [0.1, 0.15) is 66.2 Å². The van der Waals surface area contributed by atoms with Crippen molar-refractivity contribution < 1.29 is 5.11 Å². The van der Waals surface area contributed by atoms with Gasteiger partial charge >= 0.3 is 0 Å². The molecule has 3 unspecified atom stereocenters. The fraction of sp³-hybridized carbons (Fsp3) is 1.00. The standard InChI is InChI=1S/C15H31NO/c1-5-10-13(3)14(17)15(4,6-2)16-11-8-7-9-12-16/h13-14,17H,5-12H2,1-4H3. The van der Waals surface area contributed by atoms with Crippen LogP contribution in [-0.2, 0) is 0 Å². The van der Waals surface area contributed by atoms with Crippen molar-refractivity contribution in [3.05, 3.63) is 0 Å². The summed E-state index contributed by atoms with van der Waals surface area (Å²) in [6.07, 6.45) is 7.10. The molecule has 0 radical (unpaired) electrons. The molecule has 102 valence electrons. The third kappa shape index (κ3) is 3.45. The topological polar surface area (TPSA) is 23.5 Å². The molecule has 17 heavy (non-hydrogen) atoms. The molecule has 1 aliphatic heterocycles. The molecule has 0 amide bonds. The predicted octanol–water partition coefficient (Wildman–Crippen LogP) is 3.44. The lowest BCUT2D eigenvalue weighted by atomic mass is 9.80. The zero-order valence-corrected chi connectivity index (χ0v) is 12.2. The summed E-state index contributed by atoms with van der Waals surface area (Å²) in [6, 6.07) is 0. The van der Waals surface area contributed by atoms with Gasteiger partial charge in [0.2, 0.25) is 0 Å². The fourth-order valence-electron chi connectivity index (χ4n) is 3.25. The van der Waals surface area contributed by atoms with Crippen LogP contribution in [0.2, 0.25) is 0 Å². The minimum Gasteiger partial charge on any atom is -0.391 e. The number of hydrogen-bond acceptors (Lipinski definition) is 2. The number of hydrogen-bond donors (Lipinski definition) is 1. The summed E-state index contributed by atoms with van der Waals surface area (Å²) >= 11 is 0. The lowest BCUT2D eigenvalue weighted by Crippen LogP contribution is -2.57. The van der Waals surface area contributed by atoms with Crippen LogP contribution in [0.15, 0.2) is 0 Å². The van der Waals surface area contributed by atoms with E-state index in [0.717, 1.165) is 19.3 Å². The van der Waals surface area contributed by atoms with Crippen LogP contribution in [0.3, 0.4) is 0 Å². The Morgan fingerprint density at radius 3 is 2.24 bits per heavy atom. The number of aliphatic hydroxyl groups is 1. The van der Waals surface area contributed by atoms with Crippen LogP contribution in [0.5, 0.6) is 0 Å². The summed E-state index contributed by atoms with van der Waals surface area (Å²) in [4.78, 5) is 2.54. The summed E-state index contributed by atoms with van der Waals surface area (Å²) in [5.74, 6) is 0.409. The van der Waals surface area contributed by atoms with Gasteiger partial charge in [-0.2, -0.15) is 0 Å². The number of nitrogens with zero attached hydrogens (tertiary/aromatic N) is 1. The van der Waals surface area contributed by atoms with Crippen molar-refractivity contribution in [2.75, 3.05) is 13.1 Å². The quantitative estimate of drug-likeness (QED) is 0.770. The zero-order valence-electron chi connectivity index (χ0n) is 12.2. The van der Waals surface area contributed by atoms with E-state index in [4.69, 9.17) is 0 Å². The first-order valence-corrected chi connectivity index (χ1v) is 7.49. The molecule has 0 saturated carbocycles. The van der Waals surface area contributed by atoms with Gasteiger partial charge in [0.15, 0.2) is 0 Å².